The lowest BCUT2D eigenvalue weighted by molar-refractivity contribution is 0.0730. The Morgan fingerprint density at radius 3 is 2.72 bits per heavy atom. The monoisotopic (exact) mass is 379 g/mol. The fourth-order valence-corrected chi connectivity index (χ4v) is 5.77. The Hall–Kier alpha value is -1.48. The van der Waals surface area contributed by atoms with E-state index in [1.165, 1.54) is 20.9 Å². The molecule has 0 radical (unpaired) electrons. The van der Waals surface area contributed by atoms with Crippen LogP contribution in [0.15, 0.2) is 34.7 Å². The highest BCUT2D eigenvalue weighted by atomic mass is 32.2. The molecule has 0 bridgehead atoms. The molecule has 4 heterocycles. The van der Waals surface area contributed by atoms with Crippen molar-refractivity contribution in [3.05, 3.63) is 40.2 Å². The van der Waals surface area contributed by atoms with Crippen LogP contribution in [0.1, 0.15) is 23.4 Å². The van der Waals surface area contributed by atoms with Crippen molar-refractivity contribution in [2.24, 2.45) is 0 Å². The van der Waals surface area contributed by atoms with Gasteiger partial charge in [-0.1, -0.05) is 0 Å². The van der Waals surface area contributed by atoms with Gasteiger partial charge in [-0.15, -0.1) is 11.3 Å². The average Bonchev–Trinajstić information content (AvgIpc) is 3.13. The zero-order valence-corrected chi connectivity index (χ0v) is 15.7. The third-order valence-electron chi connectivity index (χ3n) is 4.90. The molecule has 0 aromatic carbocycles. The van der Waals surface area contributed by atoms with E-state index in [0.29, 0.717) is 26.3 Å². The summed E-state index contributed by atoms with van der Waals surface area (Å²) in [6.45, 7) is 4.75. The number of pyridine rings is 1. The molecule has 134 valence electrons. The summed E-state index contributed by atoms with van der Waals surface area (Å²) in [5.74, 6) is 0.824. The SMILES string of the molecule is C[C@@H]1c2ccsc2CCN1c1ccc(S(=O)(=O)N2CCOCC2)cn1. The first-order chi connectivity index (χ1) is 12.1. The fraction of sp³-hybridized carbons (Fsp3) is 0.471. The summed E-state index contributed by atoms with van der Waals surface area (Å²) in [5.41, 5.74) is 1.35. The van der Waals surface area contributed by atoms with E-state index in [0.717, 1.165) is 18.8 Å². The molecule has 6 nitrogen and oxygen atoms in total. The molecule has 2 aliphatic heterocycles. The molecule has 1 saturated heterocycles. The number of hydrogen-bond donors (Lipinski definition) is 0. The van der Waals surface area contributed by atoms with Gasteiger partial charge in [-0.05, 0) is 42.5 Å². The molecular formula is C17H21N3O3S2. The van der Waals surface area contributed by atoms with Crippen molar-refractivity contribution >= 4 is 27.2 Å². The molecule has 0 saturated carbocycles. The topological polar surface area (TPSA) is 62.7 Å². The molecule has 0 N–H and O–H groups in total. The predicted molar refractivity (Wildman–Crippen MR) is 97.6 cm³/mol. The lowest BCUT2D eigenvalue weighted by atomic mass is 10.0. The Morgan fingerprint density at radius 1 is 1.20 bits per heavy atom. The minimum atomic E-state index is -3.49. The van der Waals surface area contributed by atoms with Gasteiger partial charge in [-0.2, -0.15) is 4.31 Å². The van der Waals surface area contributed by atoms with Crippen molar-refractivity contribution < 1.29 is 13.2 Å². The second kappa shape index (κ2) is 6.68. The number of thiophene rings is 1. The fourth-order valence-electron chi connectivity index (χ4n) is 3.45. The second-order valence-electron chi connectivity index (χ2n) is 6.29. The highest BCUT2D eigenvalue weighted by Gasteiger charge is 2.28. The Morgan fingerprint density at radius 2 is 2.00 bits per heavy atom. The third-order valence-corrected chi connectivity index (χ3v) is 7.78. The first-order valence-electron chi connectivity index (χ1n) is 8.44. The molecule has 0 spiro atoms. The first kappa shape index (κ1) is 17.0. The molecular weight excluding hydrogens is 358 g/mol. The molecule has 2 aliphatic rings. The normalized spacial score (nSPS) is 22.0. The zero-order chi connectivity index (χ0) is 17.4. The molecule has 0 unspecified atom stereocenters. The molecule has 8 heteroatoms. The van der Waals surface area contributed by atoms with Gasteiger partial charge in [-0.3, -0.25) is 0 Å². The molecule has 4 rings (SSSR count). The van der Waals surface area contributed by atoms with E-state index >= 15 is 0 Å². The van der Waals surface area contributed by atoms with Crippen LogP contribution in [0.25, 0.3) is 0 Å². The highest BCUT2D eigenvalue weighted by Crippen LogP contribution is 2.35. The summed E-state index contributed by atoms with van der Waals surface area (Å²) in [5, 5.41) is 2.14. The average molecular weight is 380 g/mol. The lowest BCUT2D eigenvalue weighted by Gasteiger charge is -2.34. The Bertz CT molecular complexity index is 842. The van der Waals surface area contributed by atoms with Crippen molar-refractivity contribution in [2.45, 2.75) is 24.3 Å². The van der Waals surface area contributed by atoms with Crippen molar-refractivity contribution in [3.8, 4) is 0 Å². The van der Waals surface area contributed by atoms with E-state index in [-0.39, 0.29) is 10.9 Å². The number of sulfonamides is 1. The van der Waals surface area contributed by atoms with Gasteiger partial charge < -0.3 is 9.64 Å². The van der Waals surface area contributed by atoms with E-state index in [4.69, 9.17) is 4.74 Å². The van der Waals surface area contributed by atoms with Crippen LogP contribution in [0, 0.1) is 0 Å². The number of ether oxygens (including phenoxy) is 1. The predicted octanol–water partition coefficient (Wildman–Crippen LogP) is 2.29. The summed E-state index contributed by atoms with van der Waals surface area (Å²) in [6.07, 6.45) is 2.49. The van der Waals surface area contributed by atoms with Gasteiger partial charge in [-0.25, -0.2) is 13.4 Å². The maximum absolute atomic E-state index is 12.7. The first-order valence-corrected chi connectivity index (χ1v) is 10.8. The van der Waals surface area contributed by atoms with Crippen molar-refractivity contribution in [3.63, 3.8) is 0 Å². The molecule has 1 atom stereocenters. The van der Waals surface area contributed by atoms with E-state index in [9.17, 15) is 8.42 Å². The van der Waals surface area contributed by atoms with Gasteiger partial charge in [0.05, 0.1) is 19.3 Å². The van der Waals surface area contributed by atoms with E-state index in [1.54, 1.807) is 17.4 Å². The number of rotatable bonds is 3. The van der Waals surface area contributed by atoms with E-state index in [2.05, 4.69) is 28.3 Å². The minimum absolute atomic E-state index is 0.249. The number of nitrogens with zero attached hydrogens (tertiary/aromatic N) is 3. The standard InChI is InChI=1S/C17H21N3O3S2/c1-13-15-5-11-24-16(15)4-6-20(13)17-3-2-14(12-18-17)25(21,22)19-7-9-23-10-8-19/h2-3,5,11-13H,4,6-10H2,1H3/t13-/m1/s1. The van der Waals surface area contributed by atoms with Crippen molar-refractivity contribution in [2.75, 3.05) is 37.7 Å². The second-order valence-corrected chi connectivity index (χ2v) is 9.23. The molecule has 0 amide bonds. The number of aromatic nitrogens is 1. The lowest BCUT2D eigenvalue weighted by Crippen LogP contribution is -2.40. The van der Waals surface area contributed by atoms with Crippen LogP contribution >= 0.6 is 11.3 Å². The number of morpholine rings is 1. The maximum Gasteiger partial charge on any atom is 0.244 e. The van der Waals surface area contributed by atoms with Gasteiger partial charge in [0, 0.05) is 30.7 Å². The van der Waals surface area contributed by atoms with E-state index in [1.807, 2.05) is 6.07 Å². The largest absolute Gasteiger partial charge is 0.379 e. The third kappa shape index (κ3) is 3.08. The van der Waals surface area contributed by atoms with Gasteiger partial charge in [0.25, 0.3) is 0 Å². The van der Waals surface area contributed by atoms with Crippen LogP contribution in [-0.2, 0) is 21.2 Å². The van der Waals surface area contributed by atoms with Crippen LogP contribution in [0.2, 0.25) is 0 Å². The van der Waals surface area contributed by atoms with Crippen LogP contribution in [0.3, 0.4) is 0 Å². The van der Waals surface area contributed by atoms with Crippen LogP contribution in [0.5, 0.6) is 0 Å². The number of fused-ring (bicyclic) bond motifs is 1. The summed E-state index contributed by atoms with van der Waals surface area (Å²) in [6, 6.07) is 5.92. The Balaban J connectivity index is 1.56. The van der Waals surface area contributed by atoms with Gasteiger partial charge in [0.1, 0.15) is 10.7 Å². The highest BCUT2D eigenvalue weighted by molar-refractivity contribution is 7.89. The summed E-state index contributed by atoms with van der Waals surface area (Å²) >= 11 is 1.81. The quantitative estimate of drug-likeness (QED) is 0.819. The zero-order valence-electron chi connectivity index (χ0n) is 14.1. The number of anilines is 1. The minimum Gasteiger partial charge on any atom is -0.379 e. The summed E-state index contributed by atoms with van der Waals surface area (Å²) in [7, 11) is -3.49. The summed E-state index contributed by atoms with van der Waals surface area (Å²) in [4.78, 5) is 8.39. The Labute approximate surface area is 152 Å². The molecule has 2 aromatic heterocycles. The van der Waals surface area contributed by atoms with Crippen molar-refractivity contribution in [1.82, 2.24) is 9.29 Å². The van der Waals surface area contributed by atoms with Gasteiger partial charge in [0.15, 0.2) is 0 Å². The van der Waals surface area contributed by atoms with Crippen LogP contribution in [-0.4, -0.2) is 50.6 Å². The molecule has 25 heavy (non-hydrogen) atoms. The molecule has 0 aliphatic carbocycles. The number of hydrogen-bond acceptors (Lipinski definition) is 6. The van der Waals surface area contributed by atoms with Crippen molar-refractivity contribution in [1.29, 1.82) is 0 Å². The van der Waals surface area contributed by atoms with Crippen LogP contribution < -0.4 is 4.90 Å². The maximum atomic E-state index is 12.7. The van der Waals surface area contributed by atoms with E-state index < -0.39 is 10.0 Å². The van der Waals surface area contributed by atoms with Crippen LogP contribution in [0.4, 0.5) is 5.82 Å². The Kier molecular flexibility index (Phi) is 4.53. The summed E-state index contributed by atoms with van der Waals surface area (Å²) < 4.78 is 32.1. The molecule has 2 aromatic rings. The van der Waals surface area contributed by atoms with Gasteiger partial charge >= 0.3 is 0 Å². The molecule has 1 fully saturated rings. The smallest absolute Gasteiger partial charge is 0.244 e. The van der Waals surface area contributed by atoms with Gasteiger partial charge in [0.2, 0.25) is 10.0 Å².